The average Bonchev–Trinajstić information content (AvgIpc) is 3.36. The molecule has 1 aromatic heterocycles. The molecular weight excluding hydrogens is 448 g/mol. The first-order valence-electron chi connectivity index (χ1n) is 11.2. The lowest BCUT2D eigenvalue weighted by atomic mass is 10.0. The second-order valence-electron chi connectivity index (χ2n) is 7.98. The van der Waals surface area contributed by atoms with Gasteiger partial charge in [-0.3, -0.25) is 9.59 Å². The summed E-state index contributed by atoms with van der Waals surface area (Å²) in [4.78, 5) is 31.2. The van der Waals surface area contributed by atoms with E-state index in [0.717, 1.165) is 12.0 Å². The Morgan fingerprint density at radius 1 is 1.15 bits per heavy atom. The van der Waals surface area contributed by atoms with Gasteiger partial charge in [0.05, 0.1) is 13.2 Å². The maximum Gasteiger partial charge on any atom is 0.254 e. The molecule has 4 rings (SSSR count). The van der Waals surface area contributed by atoms with Crippen molar-refractivity contribution in [3.63, 3.8) is 0 Å². The van der Waals surface area contributed by atoms with Crippen LogP contribution >= 0.6 is 11.3 Å². The minimum absolute atomic E-state index is 0.0190. The fourth-order valence-electron chi connectivity index (χ4n) is 4.13. The lowest BCUT2D eigenvalue weighted by Crippen LogP contribution is -2.47. The van der Waals surface area contributed by atoms with Gasteiger partial charge in [0.15, 0.2) is 0 Å². The Hall–Kier alpha value is -3.58. The summed E-state index contributed by atoms with van der Waals surface area (Å²) >= 11 is 1.70. The van der Waals surface area contributed by atoms with Crippen LogP contribution in [0.2, 0.25) is 0 Å². The number of carbonyl (C=O) groups excluding carboxylic acids is 2. The van der Waals surface area contributed by atoms with Crippen molar-refractivity contribution in [1.82, 2.24) is 9.80 Å². The molecule has 0 bridgehead atoms. The Morgan fingerprint density at radius 3 is 2.71 bits per heavy atom. The summed E-state index contributed by atoms with van der Waals surface area (Å²) in [7, 11) is 1.62. The van der Waals surface area contributed by atoms with Crippen LogP contribution < -0.4 is 9.47 Å². The van der Waals surface area contributed by atoms with E-state index in [1.54, 1.807) is 36.7 Å². The van der Waals surface area contributed by atoms with Gasteiger partial charge in [0.25, 0.3) is 5.91 Å². The minimum atomic E-state index is -0.230. The van der Waals surface area contributed by atoms with Gasteiger partial charge in [0.2, 0.25) is 5.91 Å². The quantitative estimate of drug-likeness (QED) is 0.424. The normalized spacial score (nSPS) is 14.7. The Bertz CT molecular complexity index is 1140. The highest BCUT2D eigenvalue weighted by Crippen LogP contribution is 2.34. The minimum Gasteiger partial charge on any atom is -0.497 e. The SMILES string of the molecule is C=CCN(CC(=O)N1CCc2sccc2[C@@H]1COc1cccc(OC)c1)C(=O)c1ccccc1. The molecule has 0 N–H and O–H groups in total. The molecule has 2 amide bonds. The molecule has 3 aromatic rings. The summed E-state index contributed by atoms with van der Waals surface area (Å²) in [6, 6.07) is 18.3. The van der Waals surface area contributed by atoms with Crippen LogP contribution in [-0.4, -0.2) is 55.0 Å². The number of benzene rings is 2. The van der Waals surface area contributed by atoms with Crippen LogP contribution in [0.25, 0.3) is 0 Å². The molecular formula is C27H28N2O4S. The van der Waals surface area contributed by atoms with Crippen LogP contribution in [0.3, 0.4) is 0 Å². The van der Waals surface area contributed by atoms with Crippen molar-refractivity contribution in [2.24, 2.45) is 0 Å². The Balaban J connectivity index is 1.52. The van der Waals surface area contributed by atoms with E-state index in [0.29, 0.717) is 36.8 Å². The van der Waals surface area contributed by atoms with Gasteiger partial charge in [-0.2, -0.15) is 0 Å². The molecule has 0 radical (unpaired) electrons. The standard InChI is InChI=1S/C27H28N2O4S/c1-3-14-28(27(31)20-8-5-4-6-9-20)18-26(30)29-15-12-25-23(13-16-34-25)24(29)19-33-22-11-7-10-21(17-22)32-2/h3-11,13,16-17,24H,1,12,14-15,18-19H2,2H3/t24-/m0/s1. The monoisotopic (exact) mass is 476 g/mol. The highest BCUT2D eigenvalue weighted by molar-refractivity contribution is 7.10. The zero-order valence-corrected chi connectivity index (χ0v) is 20.0. The van der Waals surface area contributed by atoms with E-state index >= 15 is 0 Å². The second-order valence-corrected chi connectivity index (χ2v) is 8.98. The number of carbonyl (C=O) groups is 2. The summed E-state index contributed by atoms with van der Waals surface area (Å²) in [5.74, 6) is 1.10. The lowest BCUT2D eigenvalue weighted by Gasteiger charge is -2.37. The number of thiophene rings is 1. The van der Waals surface area contributed by atoms with Crippen LogP contribution in [0.15, 0.2) is 78.7 Å². The van der Waals surface area contributed by atoms with Gasteiger partial charge in [-0.05, 0) is 47.7 Å². The van der Waals surface area contributed by atoms with Crippen molar-refractivity contribution in [1.29, 1.82) is 0 Å². The van der Waals surface area contributed by atoms with Crippen LogP contribution in [0.4, 0.5) is 0 Å². The highest BCUT2D eigenvalue weighted by atomic mass is 32.1. The maximum atomic E-state index is 13.5. The molecule has 0 saturated carbocycles. The smallest absolute Gasteiger partial charge is 0.254 e. The zero-order chi connectivity index (χ0) is 23.9. The lowest BCUT2D eigenvalue weighted by molar-refractivity contribution is -0.135. The van der Waals surface area contributed by atoms with Crippen LogP contribution in [0.1, 0.15) is 26.8 Å². The molecule has 1 aliphatic heterocycles. The first kappa shape index (κ1) is 23.6. The van der Waals surface area contributed by atoms with Crippen molar-refractivity contribution in [2.75, 3.05) is 33.4 Å². The van der Waals surface area contributed by atoms with Crippen molar-refractivity contribution in [3.05, 3.63) is 94.7 Å². The Kier molecular flexibility index (Phi) is 7.65. The summed E-state index contributed by atoms with van der Waals surface area (Å²) in [6.45, 7) is 4.94. The number of fused-ring (bicyclic) bond motifs is 1. The molecule has 0 fully saturated rings. The fourth-order valence-corrected chi connectivity index (χ4v) is 5.06. The van der Waals surface area contributed by atoms with Gasteiger partial charge in [-0.25, -0.2) is 0 Å². The number of nitrogens with zero attached hydrogens (tertiary/aromatic N) is 2. The molecule has 176 valence electrons. The maximum absolute atomic E-state index is 13.5. The predicted molar refractivity (Wildman–Crippen MR) is 134 cm³/mol. The molecule has 2 heterocycles. The summed E-state index contributed by atoms with van der Waals surface area (Å²) in [6.07, 6.45) is 2.44. The van der Waals surface area contributed by atoms with Crippen LogP contribution in [0.5, 0.6) is 11.5 Å². The largest absolute Gasteiger partial charge is 0.497 e. The van der Waals surface area contributed by atoms with Crippen LogP contribution in [-0.2, 0) is 11.2 Å². The summed E-state index contributed by atoms with van der Waals surface area (Å²) < 4.78 is 11.4. The molecule has 6 nitrogen and oxygen atoms in total. The summed E-state index contributed by atoms with van der Waals surface area (Å²) in [5, 5.41) is 2.06. The molecule has 0 unspecified atom stereocenters. The highest BCUT2D eigenvalue weighted by Gasteiger charge is 2.33. The van der Waals surface area contributed by atoms with Gasteiger partial charge >= 0.3 is 0 Å². The summed E-state index contributed by atoms with van der Waals surface area (Å²) in [5.41, 5.74) is 1.66. The predicted octanol–water partition coefficient (Wildman–Crippen LogP) is 4.59. The van der Waals surface area contributed by atoms with E-state index in [9.17, 15) is 9.59 Å². The number of ether oxygens (including phenoxy) is 2. The van der Waals surface area contributed by atoms with E-state index in [-0.39, 0.29) is 24.4 Å². The van der Waals surface area contributed by atoms with Crippen molar-refractivity contribution in [2.45, 2.75) is 12.5 Å². The van der Waals surface area contributed by atoms with Gasteiger partial charge in [0.1, 0.15) is 24.7 Å². The average molecular weight is 477 g/mol. The molecule has 2 aromatic carbocycles. The fraction of sp³-hybridized carbons (Fsp3) is 0.259. The van der Waals surface area contributed by atoms with Crippen molar-refractivity contribution >= 4 is 23.2 Å². The van der Waals surface area contributed by atoms with Gasteiger partial charge < -0.3 is 19.3 Å². The van der Waals surface area contributed by atoms with E-state index in [2.05, 4.69) is 18.0 Å². The number of rotatable bonds is 9. The van der Waals surface area contributed by atoms with Gasteiger partial charge in [0, 0.05) is 29.6 Å². The van der Waals surface area contributed by atoms with Gasteiger partial charge in [-0.1, -0.05) is 30.3 Å². The van der Waals surface area contributed by atoms with E-state index in [1.807, 2.05) is 47.4 Å². The third-order valence-electron chi connectivity index (χ3n) is 5.85. The molecule has 34 heavy (non-hydrogen) atoms. The third kappa shape index (κ3) is 5.31. The molecule has 1 aliphatic rings. The first-order chi connectivity index (χ1) is 16.6. The second kappa shape index (κ2) is 11.0. The molecule has 1 atom stereocenters. The third-order valence-corrected chi connectivity index (χ3v) is 6.84. The van der Waals surface area contributed by atoms with Crippen LogP contribution in [0, 0.1) is 0 Å². The topological polar surface area (TPSA) is 59.1 Å². The first-order valence-corrected chi connectivity index (χ1v) is 12.1. The molecule has 0 saturated heterocycles. The number of amides is 2. The van der Waals surface area contributed by atoms with Gasteiger partial charge in [-0.15, -0.1) is 17.9 Å². The molecule has 0 spiro atoms. The van der Waals surface area contributed by atoms with E-state index < -0.39 is 0 Å². The number of hydrogen-bond donors (Lipinski definition) is 0. The zero-order valence-electron chi connectivity index (χ0n) is 19.2. The molecule has 0 aliphatic carbocycles. The Morgan fingerprint density at radius 2 is 1.94 bits per heavy atom. The van der Waals surface area contributed by atoms with E-state index in [1.165, 1.54) is 9.78 Å². The van der Waals surface area contributed by atoms with Crippen molar-refractivity contribution < 1.29 is 19.1 Å². The number of methoxy groups -OCH3 is 1. The van der Waals surface area contributed by atoms with E-state index in [4.69, 9.17) is 9.47 Å². The Labute approximate surface area is 204 Å². The van der Waals surface area contributed by atoms with Crippen molar-refractivity contribution in [3.8, 4) is 11.5 Å². The number of hydrogen-bond acceptors (Lipinski definition) is 5. The molecule has 7 heteroatoms.